The Bertz CT molecular complexity index is 548. The summed E-state index contributed by atoms with van der Waals surface area (Å²) in [5.41, 5.74) is 3.93. The van der Waals surface area contributed by atoms with Gasteiger partial charge in [0.25, 0.3) is 0 Å². The highest BCUT2D eigenvalue weighted by Crippen LogP contribution is 2.31. The molecule has 100 valence electrons. The Balaban J connectivity index is 1.87. The Kier molecular flexibility index (Phi) is 3.41. The first-order valence-corrected chi connectivity index (χ1v) is 7.38. The molecule has 19 heavy (non-hydrogen) atoms. The van der Waals surface area contributed by atoms with Gasteiger partial charge in [-0.15, -0.1) is 0 Å². The molecule has 1 fully saturated rings. The zero-order chi connectivity index (χ0) is 13.2. The van der Waals surface area contributed by atoms with Crippen LogP contribution >= 0.6 is 0 Å². The highest BCUT2D eigenvalue weighted by molar-refractivity contribution is 5.62. The van der Waals surface area contributed by atoms with Crippen LogP contribution in [-0.2, 0) is 0 Å². The van der Waals surface area contributed by atoms with E-state index in [2.05, 4.69) is 54.1 Å². The van der Waals surface area contributed by atoms with E-state index < -0.39 is 0 Å². The van der Waals surface area contributed by atoms with Crippen molar-refractivity contribution in [3.63, 3.8) is 0 Å². The molecule has 0 spiro atoms. The van der Waals surface area contributed by atoms with Crippen LogP contribution in [0, 0.1) is 0 Å². The zero-order valence-corrected chi connectivity index (χ0v) is 11.8. The normalized spacial score (nSPS) is 16.4. The highest BCUT2D eigenvalue weighted by Gasteiger charge is 2.17. The summed E-state index contributed by atoms with van der Waals surface area (Å²) in [4.78, 5) is 0. The van der Waals surface area contributed by atoms with Crippen LogP contribution in [0.5, 0.6) is 0 Å². The summed E-state index contributed by atoms with van der Waals surface area (Å²) in [7, 11) is 0. The quantitative estimate of drug-likeness (QED) is 0.770. The van der Waals surface area contributed by atoms with Crippen LogP contribution in [0.15, 0.2) is 36.7 Å². The van der Waals surface area contributed by atoms with E-state index in [0.717, 1.165) is 0 Å². The van der Waals surface area contributed by atoms with E-state index in [1.165, 1.54) is 42.4 Å². The van der Waals surface area contributed by atoms with Gasteiger partial charge in [-0.1, -0.05) is 51.0 Å². The third-order valence-electron chi connectivity index (χ3n) is 4.19. The maximum Gasteiger partial charge on any atom is 0.0568 e. The summed E-state index contributed by atoms with van der Waals surface area (Å²) in [6, 6.07) is 9.46. The molecule has 2 aromatic rings. The zero-order valence-electron chi connectivity index (χ0n) is 11.8. The molecule has 0 saturated heterocycles. The van der Waals surface area contributed by atoms with Gasteiger partial charge in [-0.05, 0) is 29.9 Å². The number of benzene rings is 1. The van der Waals surface area contributed by atoms with Crippen LogP contribution < -0.4 is 0 Å². The molecule has 0 bridgehead atoms. The minimum atomic E-state index is 0.574. The SMILES string of the molecule is CC(C)c1cccc(-c2cnn(C3CCCC3)c2)c1. The van der Waals surface area contributed by atoms with E-state index in [9.17, 15) is 0 Å². The summed E-state index contributed by atoms with van der Waals surface area (Å²) in [6.45, 7) is 4.47. The molecule has 0 unspecified atom stereocenters. The molecular formula is C17H22N2. The van der Waals surface area contributed by atoms with Gasteiger partial charge in [0.2, 0.25) is 0 Å². The largest absolute Gasteiger partial charge is 0.269 e. The Morgan fingerprint density at radius 2 is 1.95 bits per heavy atom. The van der Waals surface area contributed by atoms with Gasteiger partial charge in [0.05, 0.1) is 12.2 Å². The monoisotopic (exact) mass is 254 g/mol. The summed E-state index contributed by atoms with van der Waals surface area (Å²) in [5.74, 6) is 0.574. The molecule has 2 heteroatoms. The molecule has 1 aliphatic carbocycles. The Morgan fingerprint density at radius 1 is 1.16 bits per heavy atom. The molecule has 1 saturated carbocycles. The van der Waals surface area contributed by atoms with Gasteiger partial charge in [-0.25, -0.2) is 0 Å². The average Bonchev–Trinajstić information content (AvgIpc) is 3.09. The number of hydrogen-bond donors (Lipinski definition) is 0. The average molecular weight is 254 g/mol. The number of nitrogens with zero attached hydrogens (tertiary/aromatic N) is 2. The van der Waals surface area contributed by atoms with E-state index >= 15 is 0 Å². The molecular weight excluding hydrogens is 232 g/mol. The van der Waals surface area contributed by atoms with Gasteiger partial charge < -0.3 is 0 Å². The summed E-state index contributed by atoms with van der Waals surface area (Å²) >= 11 is 0. The fourth-order valence-corrected chi connectivity index (χ4v) is 2.93. The van der Waals surface area contributed by atoms with Crippen LogP contribution in [-0.4, -0.2) is 9.78 Å². The second-order valence-electron chi connectivity index (χ2n) is 5.93. The lowest BCUT2D eigenvalue weighted by Gasteiger charge is -2.09. The van der Waals surface area contributed by atoms with Crippen LogP contribution in [0.2, 0.25) is 0 Å². The van der Waals surface area contributed by atoms with Crippen molar-refractivity contribution in [2.24, 2.45) is 0 Å². The lowest BCUT2D eigenvalue weighted by molar-refractivity contribution is 0.467. The maximum absolute atomic E-state index is 4.57. The molecule has 0 amide bonds. The highest BCUT2D eigenvalue weighted by atomic mass is 15.3. The Labute approximate surface area is 115 Å². The Hall–Kier alpha value is -1.57. The lowest BCUT2D eigenvalue weighted by atomic mass is 9.99. The minimum Gasteiger partial charge on any atom is -0.269 e. The summed E-state index contributed by atoms with van der Waals surface area (Å²) in [5, 5.41) is 4.57. The van der Waals surface area contributed by atoms with E-state index in [0.29, 0.717) is 12.0 Å². The molecule has 2 nitrogen and oxygen atoms in total. The van der Waals surface area contributed by atoms with Gasteiger partial charge in [0.15, 0.2) is 0 Å². The fraction of sp³-hybridized carbons (Fsp3) is 0.471. The van der Waals surface area contributed by atoms with Crippen molar-refractivity contribution in [3.05, 3.63) is 42.2 Å². The predicted octanol–water partition coefficient (Wildman–Crippen LogP) is 4.79. The third kappa shape index (κ3) is 2.58. The van der Waals surface area contributed by atoms with Crippen LogP contribution in [0.1, 0.15) is 57.1 Å². The van der Waals surface area contributed by atoms with E-state index in [4.69, 9.17) is 0 Å². The fourth-order valence-electron chi connectivity index (χ4n) is 2.93. The number of hydrogen-bond acceptors (Lipinski definition) is 1. The van der Waals surface area contributed by atoms with Crippen molar-refractivity contribution < 1.29 is 0 Å². The van der Waals surface area contributed by atoms with Gasteiger partial charge in [-0.3, -0.25) is 4.68 Å². The molecule has 1 heterocycles. The third-order valence-corrected chi connectivity index (χ3v) is 4.19. The van der Waals surface area contributed by atoms with Crippen molar-refractivity contribution in [1.29, 1.82) is 0 Å². The number of aromatic nitrogens is 2. The summed E-state index contributed by atoms with van der Waals surface area (Å²) in [6.07, 6.45) is 9.50. The van der Waals surface area contributed by atoms with Crippen molar-refractivity contribution in [2.45, 2.75) is 51.5 Å². The van der Waals surface area contributed by atoms with E-state index in [1.807, 2.05) is 6.20 Å². The van der Waals surface area contributed by atoms with Gasteiger partial charge >= 0.3 is 0 Å². The van der Waals surface area contributed by atoms with Crippen molar-refractivity contribution >= 4 is 0 Å². The standard InChI is InChI=1S/C17H22N2/c1-13(2)14-6-5-7-15(10-14)16-11-18-19(12-16)17-8-3-4-9-17/h5-7,10-13,17H,3-4,8-9H2,1-2H3. The first kappa shape index (κ1) is 12.5. The van der Waals surface area contributed by atoms with Crippen LogP contribution in [0.4, 0.5) is 0 Å². The van der Waals surface area contributed by atoms with Crippen molar-refractivity contribution in [1.82, 2.24) is 9.78 Å². The summed E-state index contributed by atoms with van der Waals surface area (Å²) < 4.78 is 2.17. The lowest BCUT2D eigenvalue weighted by Crippen LogP contribution is -2.04. The molecule has 0 radical (unpaired) electrons. The molecule has 0 N–H and O–H groups in total. The molecule has 1 aromatic carbocycles. The smallest absolute Gasteiger partial charge is 0.0568 e. The predicted molar refractivity (Wildman–Crippen MR) is 79.3 cm³/mol. The number of rotatable bonds is 3. The van der Waals surface area contributed by atoms with Gasteiger partial charge in [0.1, 0.15) is 0 Å². The maximum atomic E-state index is 4.57. The molecule has 3 rings (SSSR count). The van der Waals surface area contributed by atoms with E-state index in [-0.39, 0.29) is 0 Å². The van der Waals surface area contributed by atoms with Gasteiger partial charge in [-0.2, -0.15) is 5.10 Å². The topological polar surface area (TPSA) is 17.8 Å². The molecule has 0 aliphatic heterocycles. The van der Waals surface area contributed by atoms with Crippen LogP contribution in [0.3, 0.4) is 0 Å². The molecule has 1 aromatic heterocycles. The van der Waals surface area contributed by atoms with Crippen LogP contribution in [0.25, 0.3) is 11.1 Å². The van der Waals surface area contributed by atoms with Crippen molar-refractivity contribution in [3.8, 4) is 11.1 Å². The Morgan fingerprint density at radius 3 is 2.68 bits per heavy atom. The first-order valence-electron chi connectivity index (χ1n) is 7.38. The van der Waals surface area contributed by atoms with Gasteiger partial charge in [0, 0.05) is 11.8 Å². The van der Waals surface area contributed by atoms with E-state index in [1.54, 1.807) is 0 Å². The second-order valence-corrected chi connectivity index (χ2v) is 5.93. The molecule has 1 aliphatic rings. The first-order chi connectivity index (χ1) is 9.24. The minimum absolute atomic E-state index is 0.574. The van der Waals surface area contributed by atoms with Crippen molar-refractivity contribution in [2.75, 3.05) is 0 Å². The molecule has 0 atom stereocenters. The second kappa shape index (κ2) is 5.20.